The lowest BCUT2D eigenvalue weighted by Gasteiger charge is -2.22. The molecule has 0 aliphatic heterocycles. The van der Waals surface area contributed by atoms with Crippen LogP contribution in [0.2, 0.25) is 0 Å². The van der Waals surface area contributed by atoms with E-state index in [1.54, 1.807) is 38.8 Å². The van der Waals surface area contributed by atoms with Crippen molar-refractivity contribution < 1.29 is 13.2 Å². The van der Waals surface area contributed by atoms with E-state index in [4.69, 9.17) is 0 Å². The maximum Gasteiger partial charge on any atom is 0.254 e. The number of rotatable bonds is 5. The fourth-order valence-electron chi connectivity index (χ4n) is 2.78. The molecule has 0 radical (unpaired) electrons. The van der Waals surface area contributed by atoms with Gasteiger partial charge in [-0.3, -0.25) is 4.79 Å². The highest BCUT2D eigenvalue weighted by molar-refractivity contribution is 7.89. The molecular weight excluding hydrogens is 360 g/mol. The smallest absolute Gasteiger partial charge is 0.254 e. The molecule has 0 saturated heterocycles. The fourth-order valence-corrected chi connectivity index (χ4v) is 4.23. The minimum atomic E-state index is -3.70. The Hall–Kier alpha value is -2.18. The van der Waals surface area contributed by atoms with Crippen molar-refractivity contribution in [1.29, 1.82) is 0 Å². The number of sulfonamides is 1. The summed E-state index contributed by atoms with van der Waals surface area (Å²) in [4.78, 5) is 14.7. The molecule has 5 nitrogen and oxygen atoms in total. The minimum Gasteiger partial charge on any atom is -0.337 e. The van der Waals surface area contributed by atoms with Crippen LogP contribution in [0.15, 0.2) is 47.4 Å². The molecular formula is C21H28N2O3S. The van der Waals surface area contributed by atoms with Gasteiger partial charge in [0.25, 0.3) is 5.91 Å². The summed E-state index contributed by atoms with van der Waals surface area (Å²) in [6, 6.07) is 12.6. The number of hydrogen-bond donors (Lipinski definition) is 1. The molecule has 2 aromatic rings. The SMILES string of the molecule is Cc1ccccc1CN(C)C(=O)c1cc(S(=O)(=O)NC(C)(C)C)ccc1C. The zero-order chi connectivity index (χ0) is 20.4. The van der Waals surface area contributed by atoms with Gasteiger partial charge in [0.05, 0.1) is 4.90 Å². The maximum atomic E-state index is 13.0. The number of amides is 1. The van der Waals surface area contributed by atoms with E-state index >= 15 is 0 Å². The van der Waals surface area contributed by atoms with Crippen LogP contribution in [0.1, 0.15) is 47.8 Å². The second-order valence-electron chi connectivity index (χ2n) is 7.92. The molecule has 0 bridgehead atoms. The third-order valence-electron chi connectivity index (χ3n) is 4.21. The molecule has 0 saturated carbocycles. The average molecular weight is 389 g/mol. The lowest BCUT2D eigenvalue weighted by molar-refractivity contribution is 0.0784. The van der Waals surface area contributed by atoms with Crippen LogP contribution >= 0.6 is 0 Å². The summed E-state index contributed by atoms with van der Waals surface area (Å²) in [5, 5.41) is 0. The molecule has 0 spiro atoms. The van der Waals surface area contributed by atoms with E-state index in [0.717, 1.165) is 16.7 Å². The van der Waals surface area contributed by atoms with Gasteiger partial charge >= 0.3 is 0 Å². The van der Waals surface area contributed by atoms with Gasteiger partial charge in [-0.15, -0.1) is 0 Å². The second kappa shape index (κ2) is 7.82. The van der Waals surface area contributed by atoms with Gasteiger partial charge in [-0.1, -0.05) is 30.3 Å². The van der Waals surface area contributed by atoms with Crippen molar-refractivity contribution >= 4 is 15.9 Å². The highest BCUT2D eigenvalue weighted by Gasteiger charge is 2.24. The van der Waals surface area contributed by atoms with Crippen molar-refractivity contribution in [2.24, 2.45) is 0 Å². The van der Waals surface area contributed by atoms with E-state index < -0.39 is 15.6 Å². The predicted octanol–water partition coefficient (Wildman–Crippen LogP) is 3.65. The van der Waals surface area contributed by atoms with Gasteiger partial charge in [0.2, 0.25) is 10.0 Å². The summed E-state index contributed by atoms with van der Waals surface area (Å²) in [6.45, 7) is 9.61. The first-order valence-electron chi connectivity index (χ1n) is 8.85. The standard InChI is InChI=1S/C21H28N2O3S/c1-15-9-7-8-10-17(15)14-23(6)20(24)19-13-18(12-11-16(19)2)27(25,26)22-21(3,4)5/h7-13,22H,14H2,1-6H3. The summed E-state index contributed by atoms with van der Waals surface area (Å²) in [5.74, 6) is -0.205. The van der Waals surface area contributed by atoms with Crippen LogP contribution in [0, 0.1) is 13.8 Å². The topological polar surface area (TPSA) is 66.5 Å². The fraction of sp³-hybridized carbons (Fsp3) is 0.381. The molecule has 0 heterocycles. The Morgan fingerprint density at radius 3 is 2.26 bits per heavy atom. The van der Waals surface area contributed by atoms with Crippen molar-refractivity contribution in [2.75, 3.05) is 7.05 Å². The molecule has 6 heteroatoms. The van der Waals surface area contributed by atoms with Crippen molar-refractivity contribution in [1.82, 2.24) is 9.62 Å². The Morgan fingerprint density at radius 2 is 1.67 bits per heavy atom. The quantitative estimate of drug-likeness (QED) is 0.850. The second-order valence-corrected chi connectivity index (χ2v) is 9.60. The van der Waals surface area contributed by atoms with E-state index in [-0.39, 0.29) is 10.8 Å². The van der Waals surface area contributed by atoms with Gasteiger partial charge in [0.1, 0.15) is 0 Å². The van der Waals surface area contributed by atoms with E-state index in [0.29, 0.717) is 12.1 Å². The van der Waals surface area contributed by atoms with Crippen LogP contribution in [-0.2, 0) is 16.6 Å². The summed E-state index contributed by atoms with van der Waals surface area (Å²) in [6.07, 6.45) is 0. The van der Waals surface area contributed by atoms with Crippen molar-refractivity contribution in [3.05, 3.63) is 64.7 Å². The molecule has 1 amide bonds. The number of benzene rings is 2. The van der Waals surface area contributed by atoms with Gasteiger partial charge in [0, 0.05) is 24.7 Å². The Bertz CT molecular complexity index is 944. The number of aryl methyl sites for hydroxylation is 2. The van der Waals surface area contributed by atoms with E-state index in [9.17, 15) is 13.2 Å². The zero-order valence-electron chi connectivity index (χ0n) is 16.8. The van der Waals surface area contributed by atoms with E-state index in [1.165, 1.54) is 12.1 Å². The molecule has 27 heavy (non-hydrogen) atoms. The van der Waals surface area contributed by atoms with Gasteiger partial charge in [-0.05, 0) is 63.4 Å². The number of hydrogen-bond acceptors (Lipinski definition) is 3. The van der Waals surface area contributed by atoms with E-state index in [2.05, 4.69) is 4.72 Å². The molecule has 2 aromatic carbocycles. The third kappa shape index (κ3) is 5.40. The van der Waals surface area contributed by atoms with Gasteiger partial charge in [-0.2, -0.15) is 0 Å². The molecule has 0 atom stereocenters. The molecule has 1 N–H and O–H groups in total. The number of carbonyl (C=O) groups excluding carboxylic acids is 1. The molecule has 0 fully saturated rings. The molecule has 0 unspecified atom stereocenters. The van der Waals surface area contributed by atoms with E-state index in [1.807, 2.05) is 38.1 Å². The summed E-state index contributed by atoms with van der Waals surface area (Å²) >= 11 is 0. The van der Waals surface area contributed by atoms with Crippen molar-refractivity contribution in [3.8, 4) is 0 Å². The molecule has 2 rings (SSSR count). The largest absolute Gasteiger partial charge is 0.337 e. The summed E-state index contributed by atoms with van der Waals surface area (Å²) < 4.78 is 27.8. The van der Waals surface area contributed by atoms with Crippen LogP contribution in [0.5, 0.6) is 0 Å². The third-order valence-corrected chi connectivity index (χ3v) is 5.96. The average Bonchev–Trinajstić information content (AvgIpc) is 2.54. The Balaban J connectivity index is 2.32. The van der Waals surface area contributed by atoms with Crippen LogP contribution in [-0.4, -0.2) is 31.8 Å². The number of nitrogens with one attached hydrogen (secondary N) is 1. The van der Waals surface area contributed by atoms with Crippen molar-refractivity contribution in [3.63, 3.8) is 0 Å². The van der Waals surface area contributed by atoms with Crippen LogP contribution in [0.4, 0.5) is 0 Å². The molecule has 0 aliphatic rings. The first-order chi connectivity index (χ1) is 12.4. The zero-order valence-corrected chi connectivity index (χ0v) is 17.6. The molecule has 146 valence electrons. The normalized spacial score (nSPS) is 12.1. The molecule has 0 aliphatic carbocycles. The first-order valence-corrected chi connectivity index (χ1v) is 10.3. The Labute approximate surface area is 162 Å². The Kier molecular flexibility index (Phi) is 6.12. The maximum absolute atomic E-state index is 13.0. The lowest BCUT2D eigenvalue weighted by Crippen LogP contribution is -2.40. The molecule has 0 aromatic heterocycles. The number of carbonyl (C=O) groups is 1. The predicted molar refractivity (Wildman–Crippen MR) is 108 cm³/mol. The summed E-state index contributed by atoms with van der Waals surface area (Å²) in [5.41, 5.74) is 2.70. The van der Waals surface area contributed by atoms with Crippen LogP contribution < -0.4 is 4.72 Å². The van der Waals surface area contributed by atoms with Crippen molar-refractivity contribution in [2.45, 2.75) is 51.6 Å². The monoisotopic (exact) mass is 388 g/mol. The first kappa shape index (κ1) is 21.1. The van der Waals surface area contributed by atoms with Gasteiger partial charge in [0.15, 0.2) is 0 Å². The number of nitrogens with zero attached hydrogens (tertiary/aromatic N) is 1. The van der Waals surface area contributed by atoms with Gasteiger partial charge in [-0.25, -0.2) is 13.1 Å². The lowest BCUT2D eigenvalue weighted by atomic mass is 10.1. The van der Waals surface area contributed by atoms with Crippen LogP contribution in [0.25, 0.3) is 0 Å². The Morgan fingerprint density at radius 1 is 1.04 bits per heavy atom. The minimum absolute atomic E-state index is 0.0932. The highest BCUT2D eigenvalue weighted by Crippen LogP contribution is 2.20. The summed E-state index contributed by atoms with van der Waals surface area (Å²) in [7, 11) is -1.98. The van der Waals surface area contributed by atoms with Crippen LogP contribution in [0.3, 0.4) is 0 Å². The highest BCUT2D eigenvalue weighted by atomic mass is 32.2. The van der Waals surface area contributed by atoms with Gasteiger partial charge < -0.3 is 4.90 Å².